The van der Waals surface area contributed by atoms with Crippen molar-refractivity contribution in [2.75, 3.05) is 22.5 Å². The third kappa shape index (κ3) is 5.42. The molecule has 0 bridgehead atoms. The van der Waals surface area contributed by atoms with E-state index in [1.807, 2.05) is 0 Å². The van der Waals surface area contributed by atoms with E-state index in [1.165, 1.54) is 32.0 Å². The largest absolute Gasteiger partial charge is 0.374 e. The van der Waals surface area contributed by atoms with Gasteiger partial charge in [-0.1, -0.05) is 12.1 Å². The molecule has 0 aliphatic carbocycles. The molecule has 130 valence electrons. The summed E-state index contributed by atoms with van der Waals surface area (Å²) < 4.78 is 13.8. The fraction of sp³-hybridized carbons (Fsp3) is 0.167. The highest BCUT2D eigenvalue weighted by Crippen LogP contribution is 2.19. The maximum Gasteiger partial charge on any atom is 0.243 e. The standard InChI is InChI=1S/C18H18FN3O3/c1-11(23)13-4-3-5-14(8-13)22-18(25)10-20-17-9-15(21-12(2)24)6-7-16(17)19/h3-9,20H,10H2,1-2H3,(H,21,24)(H,22,25). The van der Waals surface area contributed by atoms with Gasteiger partial charge in [-0.15, -0.1) is 0 Å². The predicted molar refractivity (Wildman–Crippen MR) is 94.3 cm³/mol. The van der Waals surface area contributed by atoms with Gasteiger partial charge in [0.05, 0.1) is 12.2 Å². The van der Waals surface area contributed by atoms with E-state index in [2.05, 4.69) is 16.0 Å². The highest BCUT2D eigenvalue weighted by molar-refractivity contribution is 5.98. The fourth-order valence-electron chi connectivity index (χ4n) is 2.14. The molecule has 0 aliphatic rings. The van der Waals surface area contributed by atoms with Gasteiger partial charge in [-0.2, -0.15) is 0 Å². The van der Waals surface area contributed by atoms with E-state index in [0.717, 1.165) is 0 Å². The second-order valence-electron chi connectivity index (χ2n) is 5.41. The second-order valence-corrected chi connectivity index (χ2v) is 5.41. The average molecular weight is 343 g/mol. The fourth-order valence-corrected chi connectivity index (χ4v) is 2.14. The molecule has 0 unspecified atom stereocenters. The molecule has 0 aromatic heterocycles. The first-order valence-electron chi connectivity index (χ1n) is 7.57. The minimum atomic E-state index is -0.541. The van der Waals surface area contributed by atoms with E-state index >= 15 is 0 Å². The van der Waals surface area contributed by atoms with Crippen molar-refractivity contribution in [2.24, 2.45) is 0 Å². The van der Waals surface area contributed by atoms with Crippen molar-refractivity contribution in [3.63, 3.8) is 0 Å². The summed E-state index contributed by atoms with van der Waals surface area (Å²) in [6.45, 7) is 2.61. The molecule has 25 heavy (non-hydrogen) atoms. The Kier molecular flexibility index (Phi) is 5.84. The Morgan fingerprint density at radius 3 is 2.36 bits per heavy atom. The van der Waals surface area contributed by atoms with Gasteiger partial charge in [0.25, 0.3) is 0 Å². The maximum atomic E-state index is 13.8. The Morgan fingerprint density at radius 1 is 0.960 bits per heavy atom. The number of carbonyl (C=O) groups is 3. The Labute approximate surface area is 144 Å². The van der Waals surface area contributed by atoms with Crippen molar-refractivity contribution in [3.05, 3.63) is 53.8 Å². The Hall–Kier alpha value is -3.22. The minimum absolute atomic E-state index is 0.0962. The van der Waals surface area contributed by atoms with Gasteiger partial charge in [-0.05, 0) is 37.3 Å². The van der Waals surface area contributed by atoms with Crippen molar-refractivity contribution < 1.29 is 18.8 Å². The second kappa shape index (κ2) is 8.05. The molecule has 0 saturated heterocycles. The molecule has 2 aromatic carbocycles. The number of benzene rings is 2. The van der Waals surface area contributed by atoms with Gasteiger partial charge in [0.2, 0.25) is 11.8 Å². The van der Waals surface area contributed by atoms with Crippen molar-refractivity contribution >= 4 is 34.7 Å². The van der Waals surface area contributed by atoms with E-state index in [0.29, 0.717) is 16.9 Å². The van der Waals surface area contributed by atoms with Gasteiger partial charge in [-0.3, -0.25) is 14.4 Å². The molecular formula is C18H18FN3O3. The molecule has 0 radical (unpaired) electrons. The summed E-state index contributed by atoms with van der Waals surface area (Å²) in [5.41, 5.74) is 1.48. The highest BCUT2D eigenvalue weighted by atomic mass is 19.1. The van der Waals surface area contributed by atoms with Gasteiger partial charge in [0.1, 0.15) is 5.82 Å². The number of amides is 2. The lowest BCUT2D eigenvalue weighted by molar-refractivity contribution is -0.115. The third-order valence-corrected chi connectivity index (χ3v) is 3.28. The average Bonchev–Trinajstić information content (AvgIpc) is 2.55. The van der Waals surface area contributed by atoms with Crippen LogP contribution in [0.5, 0.6) is 0 Å². The quantitative estimate of drug-likeness (QED) is 0.704. The van der Waals surface area contributed by atoms with Crippen molar-refractivity contribution in [3.8, 4) is 0 Å². The number of ketones is 1. The smallest absolute Gasteiger partial charge is 0.243 e. The lowest BCUT2D eigenvalue weighted by atomic mass is 10.1. The lowest BCUT2D eigenvalue weighted by Crippen LogP contribution is -2.22. The molecule has 2 amide bonds. The Morgan fingerprint density at radius 2 is 1.68 bits per heavy atom. The molecule has 7 heteroatoms. The molecule has 2 rings (SSSR count). The van der Waals surface area contributed by atoms with Gasteiger partial charge in [0, 0.05) is 23.9 Å². The molecule has 2 aromatic rings. The number of carbonyl (C=O) groups excluding carboxylic acids is 3. The number of Topliss-reactive ketones (excluding diaryl/α,β-unsaturated/α-hetero) is 1. The molecule has 0 heterocycles. The zero-order valence-corrected chi connectivity index (χ0v) is 13.9. The van der Waals surface area contributed by atoms with Crippen LogP contribution in [-0.4, -0.2) is 24.1 Å². The van der Waals surface area contributed by atoms with E-state index in [-0.39, 0.29) is 23.9 Å². The summed E-state index contributed by atoms with van der Waals surface area (Å²) in [4.78, 5) is 34.4. The normalized spacial score (nSPS) is 10.0. The summed E-state index contributed by atoms with van der Waals surface area (Å²) in [7, 11) is 0. The summed E-state index contributed by atoms with van der Waals surface area (Å²) in [6.07, 6.45) is 0. The van der Waals surface area contributed by atoms with E-state index in [4.69, 9.17) is 0 Å². The van der Waals surface area contributed by atoms with Crippen LogP contribution in [-0.2, 0) is 9.59 Å². The summed E-state index contributed by atoms with van der Waals surface area (Å²) in [5.74, 6) is -1.32. The molecular weight excluding hydrogens is 325 g/mol. The molecule has 3 N–H and O–H groups in total. The number of hydrogen-bond acceptors (Lipinski definition) is 4. The van der Waals surface area contributed by atoms with E-state index < -0.39 is 11.7 Å². The van der Waals surface area contributed by atoms with Crippen molar-refractivity contribution in [1.82, 2.24) is 0 Å². The molecule has 0 atom stereocenters. The monoisotopic (exact) mass is 343 g/mol. The molecule has 0 aliphatic heterocycles. The summed E-state index contributed by atoms with van der Waals surface area (Å²) in [5, 5.41) is 7.85. The van der Waals surface area contributed by atoms with Crippen LogP contribution in [0.2, 0.25) is 0 Å². The number of hydrogen-bond donors (Lipinski definition) is 3. The van der Waals surface area contributed by atoms with Gasteiger partial charge in [0.15, 0.2) is 5.78 Å². The zero-order chi connectivity index (χ0) is 18.4. The Balaban J connectivity index is 1.99. The van der Waals surface area contributed by atoms with Crippen LogP contribution in [0.4, 0.5) is 21.5 Å². The minimum Gasteiger partial charge on any atom is -0.374 e. The molecule has 0 fully saturated rings. The number of rotatable bonds is 6. The van der Waals surface area contributed by atoms with E-state index in [1.54, 1.807) is 24.3 Å². The summed E-state index contributed by atoms with van der Waals surface area (Å²) in [6, 6.07) is 10.6. The topological polar surface area (TPSA) is 87.3 Å². The first-order valence-corrected chi connectivity index (χ1v) is 7.57. The number of anilines is 3. The van der Waals surface area contributed by atoms with E-state index in [9.17, 15) is 18.8 Å². The van der Waals surface area contributed by atoms with Crippen LogP contribution in [0.1, 0.15) is 24.2 Å². The first kappa shape index (κ1) is 18.1. The predicted octanol–water partition coefficient (Wildman–Crippen LogP) is 3.04. The number of nitrogens with one attached hydrogen (secondary N) is 3. The van der Waals surface area contributed by atoms with Gasteiger partial charge in [-0.25, -0.2) is 4.39 Å². The van der Waals surface area contributed by atoms with Crippen LogP contribution < -0.4 is 16.0 Å². The molecule has 0 saturated carbocycles. The van der Waals surface area contributed by atoms with Gasteiger partial charge >= 0.3 is 0 Å². The SMILES string of the molecule is CC(=O)Nc1ccc(F)c(NCC(=O)Nc2cccc(C(C)=O)c2)c1. The van der Waals surface area contributed by atoms with Crippen LogP contribution in [0, 0.1) is 5.82 Å². The first-order chi connectivity index (χ1) is 11.8. The van der Waals surface area contributed by atoms with Crippen LogP contribution >= 0.6 is 0 Å². The lowest BCUT2D eigenvalue weighted by Gasteiger charge is -2.11. The van der Waals surface area contributed by atoms with Gasteiger partial charge < -0.3 is 16.0 Å². The molecule has 0 spiro atoms. The third-order valence-electron chi connectivity index (χ3n) is 3.28. The highest BCUT2D eigenvalue weighted by Gasteiger charge is 2.08. The van der Waals surface area contributed by atoms with Crippen molar-refractivity contribution in [1.29, 1.82) is 0 Å². The van der Waals surface area contributed by atoms with Crippen LogP contribution in [0.15, 0.2) is 42.5 Å². The maximum absolute atomic E-state index is 13.8. The zero-order valence-electron chi connectivity index (χ0n) is 13.9. The van der Waals surface area contributed by atoms with Crippen molar-refractivity contribution in [2.45, 2.75) is 13.8 Å². The molecule has 6 nitrogen and oxygen atoms in total. The Bertz CT molecular complexity index is 821. The number of halogens is 1. The van der Waals surface area contributed by atoms with Crippen LogP contribution in [0.25, 0.3) is 0 Å². The van der Waals surface area contributed by atoms with Crippen LogP contribution in [0.3, 0.4) is 0 Å². The summed E-state index contributed by atoms with van der Waals surface area (Å²) >= 11 is 0.